The first-order valence-corrected chi connectivity index (χ1v) is 7.48. The van der Waals surface area contributed by atoms with Crippen LogP contribution in [0.4, 0.5) is 5.69 Å². The third-order valence-corrected chi connectivity index (χ3v) is 4.56. The summed E-state index contributed by atoms with van der Waals surface area (Å²) in [5.74, 6) is 0. The normalized spacial score (nSPS) is 26.9. The van der Waals surface area contributed by atoms with E-state index in [1.165, 1.54) is 11.1 Å². The first-order chi connectivity index (χ1) is 9.61. The molecule has 1 aliphatic rings. The summed E-state index contributed by atoms with van der Waals surface area (Å²) in [4.78, 5) is 7.09. The highest BCUT2D eigenvalue weighted by Crippen LogP contribution is 2.26. The summed E-state index contributed by atoms with van der Waals surface area (Å²) < 4.78 is 0. The molecule has 3 rings (SSSR count). The number of pyridine rings is 1. The van der Waals surface area contributed by atoms with Gasteiger partial charge in [0.2, 0.25) is 0 Å². The molecule has 106 valence electrons. The van der Waals surface area contributed by atoms with Crippen LogP contribution in [0.1, 0.15) is 27.2 Å². The Balaban J connectivity index is 1.96. The standard InChI is InChI=1S/C17H23N3/c1-4-17(3)12-20(13(2)10-19-17)15-9-14-7-5-6-8-16(14)18-11-15/h5-9,11,13,19H,4,10,12H2,1-3H3. The minimum absolute atomic E-state index is 0.193. The molecule has 2 atom stereocenters. The molecule has 0 saturated carbocycles. The number of fused-ring (bicyclic) bond motifs is 1. The number of rotatable bonds is 2. The van der Waals surface area contributed by atoms with Gasteiger partial charge in [0, 0.05) is 30.1 Å². The molecule has 0 bridgehead atoms. The van der Waals surface area contributed by atoms with E-state index in [0.29, 0.717) is 6.04 Å². The fourth-order valence-electron chi connectivity index (χ4n) is 2.89. The lowest BCUT2D eigenvalue weighted by molar-refractivity contribution is 0.285. The fraction of sp³-hybridized carbons (Fsp3) is 0.471. The van der Waals surface area contributed by atoms with Crippen LogP contribution in [0, 0.1) is 0 Å². The Kier molecular flexibility index (Phi) is 3.38. The molecule has 0 aliphatic carbocycles. The number of nitrogens with zero attached hydrogens (tertiary/aromatic N) is 2. The van der Waals surface area contributed by atoms with Gasteiger partial charge in [0.15, 0.2) is 0 Å². The maximum absolute atomic E-state index is 4.60. The molecule has 1 aromatic heterocycles. The van der Waals surface area contributed by atoms with Crippen molar-refractivity contribution in [3.8, 4) is 0 Å². The molecule has 0 radical (unpaired) electrons. The average Bonchev–Trinajstić information content (AvgIpc) is 2.49. The number of aromatic nitrogens is 1. The molecule has 1 saturated heterocycles. The lowest BCUT2D eigenvalue weighted by Gasteiger charge is -2.46. The second-order valence-corrected chi connectivity index (χ2v) is 6.16. The van der Waals surface area contributed by atoms with Crippen LogP contribution in [0.2, 0.25) is 0 Å². The van der Waals surface area contributed by atoms with E-state index in [0.717, 1.165) is 25.0 Å². The van der Waals surface area contributed by atoms with E-state index in [1.807, 2.05) is 12.3 Å². The van der Waals surface area contributed by atoms with Crippen LogP contribution in [-0.4, -0.2) is 29.7 Å². The number of anilines is 1. The van der Waals surface area contributed by atoms with Crippen molar-refractivity contribution in [2.45, 2.75) is 38.8 Å². The van der Waals surface area contributed by atoms with Gasteiger partial charge >= 0.3 is 0 Å². The zero-order valence-electron chi connectivity index (χ0n) is 12.6. The quantitative estimate of drug-likeness (QED) is 0.907. The van der Waals surface area contributed by atoms with Gasteiger partial charge in [0.1, 0.15) is 0 Å². The number of nitrogens with one attached hydrogen (secondary N) is 1. The Morgan fingerprint density at radius 1 is 1.40 bits per heavy atom. The monoisotopic (exact) mass is 269 g/mol. The number of hydrogen-bond acceptors (Lipinski definition) is 3. The van der Waals surface area contributed by atoms with E-state index in [9.17, 15) is 0 Å². The smallest absolute Gasteiger partial charge is 0.0703 e. The van der Waals surface area contributed by atoms with E-state index < -0.39 is 0 Å². The highest BCUT2D eigenvalue weighted by molar-refractivity contribution is 5.81. The van der Waals surface area contributed by atoms with Crippen molar-refractivity contribution in [2.75, 3.05) is 18.0 Å². The van der Waals surface area contributed by atoms with Crippen molar-refractivity contribution in [1.82, 2.24) is 10.3 Å². The molecule has 0 spiro atoms. The van der Waals surface area contributed by atoms with Gasteiger partial charge in [-0.05, 0) is 32.4 Å². The van der Waals surface area contributed by atoms with Crippen LogP contribution in [0.15, 0.2) is 36.5 Å². The Hall–Kier alpha value is -1.61. The predicted octanol–water partition coefficient (Wildman–Crippen LogP) is 3.20. The van der Waals surface area contributed by atoms with E-state index in [2.05, 4.69) is 60.2 Å². The molecule has 1 N–H and O–H groups in total. The van der Waals surface area contributed by atoms with Crippen LogP contribution < -0.4 is 10.2 Å². The Bertz CT molecular complexity index is 610. The van der Waals surface area contributed by atoms with Gasteiger partial charge in [0.05, 0.1) is 17.4 Å². The molecule has 20 heavy (non-hydrogen) atoms. The summed E-state index contributed by atoms with van der Waals surface area (Å²) in [6.07, 6.45) is 3.15. The molecule has 3 heteroatoms. The van der Waals surface area contributed by atoms with Crippen LogP contribution in [0.25, 0.3) is 10.9 Å². The second-order valence-electron chi connectivity index (χ2n) is 6.16. The zero-order valence-corrected chi connectivity index (χ0v) is 12.6. The summed E-state index contributed by atoms with van der Waals surface area (Å²) in [7, 11) is 0. The molecule has 2 aromatic rings. The Morgan fingerprint density at radius 2 is 2.20 bits per heavy atom. The fourth-order valence-corrected chi connectivity index (χ4v) is 2.89. The van der Waals surface area contributed by atoms with Crippen molar-refractivity contribution in [2.24, 2.45) is 0 Å². The lowest BCUT2D eigenvalue weighted by Crippen LogP contribution is -2.62. The molecule has 1 aliphatic heterocycles. The van der Waals surface area contributed by atoms with Gasteiger partial charge < -0.3 is 10.2 Å². The lowest BCUT2D eigenvalue weighted by atomic mass is 9.93. The highest BCUT2D eigenvalue weighted by Gasteiger charge is 2.32. The van der Waals surface area contributed by atoms with Crippen molar-refractivity contribution in [3.05, 3.63) is 36.5 Å². The summed E-state index contributed by atoms with van der Waals surface area (Å²) >= 11 is 0. The van der Waals surface area contributed by atoms with Gasteiger partial charge in [-0.25, -0.2) is 0 Å². The van der Waals surface area contributed by atoms with E-state index in [1.54, 1.807) is 0 Å². The van der Waals surface area contributed by atoms with Crippen molar-refractivity contribution in [1.29, 1.82) is 0 Å². The van der Waals surface area contributed by atoms with Crippen molar-refractivity contribution < 1.29 is 0 Å². The van der Waals surface area contributed by atoms with Crippen LogP contribution in [0.5, 0.6) is 0 Å². The molecule has 2 heterocycles. The van der Waals surface area contributed by atoms with E-state index >= 15 is 0 Å². The number of benzene rings is 1. The molecule has 0 amide bonds. The highest BCUT2D eigenvalue weighted by atomic mass is 15.3. The average molecular weight is 269 g/mol. The third kappa shape index (κ3) is 2.38. The minimum atomic E-state index is 0.193. The molecule has 1 fully saturated rings. The van der Waals surface area contributed by atoms with Crippen LogP contribution in [0.3, 0.4) is 0 Å². The van der Waals surface area contributed by atoms with Gasteiger partial charge in [-0.3, -0.25) is 4.98 Å². The largest absolute Gasteiger partial charge is 0.364 e. The zero-order chi connectivity index (χ0) is 14.2. The first kappa shape index (κ1) is 13.4. The number of hydrogen-bond donors (Lipinski definition) is 1. The van der Waals surface area contributed by atoms with Gasteiger partial charge in [-0.2, -0.15) is 0 Å². The first-order valence-electron chi connectivity index (χ1n) is 7.48. The van der Waals surface area contributed by atoms with E-state index in [4.69, 9.17) is 0 Å². The minimum Gasteiger partial charge on any atom is -0.364 e. The molecular weight excluding hydrogens is 246 g/mol. The molecule has 1 aromatic carbocycles. The summed E-state index contributed by atoms with van der Waals surface area (Å²) in [6.45, 7) is 8.89. The van der Waals surface area contributed by atoms with Crippen molar-refractivity contribution >= 4 is 16.6 Å². The van der Waals surface area contributed by atoms with Gasteiger partial charge in [-0.1, -0.05) is 25.1 Å². The van der Waals surface area contributed by atoms with Gasteiger partial charge in [-0.15, -0.1) is 0 Å². The number of para-hydroxylation sites is 1. The topological polar surface area (TPSA) is 28.2 Å². The maximum atomic E-state index is 4.60. The Morgan fingerprint density at radius 3 is 3.00 bits per heavy atom. The van der Waals surface area contributed by atoms with Gasteiger partial charge in [0.25, 0.3) is 0 Å². The molecule has 2 unspecified atom stereocenters. The molecule has 3 nitrogen and oxygen atoms in total. The van der Waals surface area contributed by atoms with E-state index in [-0.39, 0.29) is 5.54 Å². The predicted molar refractivity (Wildman–Crippen MR) is 85.2 cm³/mol. The third-order valence-electron chi connectivity index (χ3n) is 4.56. The SMILES string of the molecule is CCC1(C)CN(c2cnc3ccccc3c2)C(C)CN1. The summed E-state index contributed by atoms with van der Waals surface area (Å²) in [5, 5.41) is 4.89. The second kappa shape index (κ2) is 5.06. The Labute approximate surface area is 121 Å². The van der Waals surface area contributed by atoms with Crippen molar-refractivity contribution in [3.63, 3.8) is 0 Å². The summed E-state index contributed by atoms with van der Waals surface area (Å²) in [6, 6.07) is 11.1. The van der Waals surface area contributed by atoms with Crippen LogP contribution in [-0.2, 0) is 0 Å². The summed E-state index contributed by atoms with van der Waals surface area (Å²) in [5.41, 5.74) is 2.49. The van der Waals surface area contributed by atoms with Crippen LogP contribution >= 0.6 is 0 Å². The molecular formula is C17H23N3. The number of piperazine rings is 1. The maximum Gasteiger partial charge on any atom is 0.0703 e.